The maximum atomic E-state index is 14.8. The van der Waals surface area contributed by atoms with Crippen molar-refractivity contribution in [1.82, 2.24) is 29.6 Å². The Labute approximate surface area is 233 Å². The van der Waals surface area contributed by atoms with Gasteiger partial charge in [-0.15, -0.1) is 0 Å². The standard InChI is InChI=1S/C28H24ClFN8O2/c1-36-12-14-37(15-13-36)18-10-8-17(9-11-18)32-28-31-16-19-24(34-28)25(22-6-3-7-23(39)33-22)35-38(27(19)40)26-20(29)4-2-5-21(26)30/h2-11,16H,12-15H2,1H3,(H,33,39)(H,31,32,34). The first-order valence-corrected chi connectivity index (χ1v) is 13.0. The number of likely N-dealkylation sites (N-methyl/N-ethyl adjacent to an activating group) is 1. The normalized spacial score (nSPS) is 14.0. The number of rotatable bonds is 5. The fourth-order valence-electron chi connectivity index (χ4n) is 4.61. The molecule has 0 aliphatic carbocycles. The summed E-state index contributed by atoms with van der Waals surface area (Å²) in [6, 6.07) is 16.6. The zero-order valence-electron chi connectivity index (χ0n) is 21.4. The van der Waals surface area contributed by atoms with Gasteiger partial charge in [0.05, 0.1) is 16.1 Å². The van der Waals surface area contributed by atoms with Crippen molar-refractivity contribution in [2.45, 2.75) is 0 Å². The van der Waals surface area contributed by atoms with E-state index in [-0.39, 0.29) is 44.8 Å². The molecule has 0 atom stereocenters. The molecule has 0 bridgehead atoms. The number of para-hydroxylation sites is 1. The van der Waals surface area contributed by atoms with Gasteiger partial charge in [-0.05, 0) is 49.5 Å². The molecule has 0 spiro atoms. The minimum Gasteiger partial charge on any atom is -0.493 e. The van der Waals surface area contributed by atoms with E-state index < -0.39 is 11.4 Å². The molecule has 0 amide bonds. The summed E-state index contributed by atoms with van der Waals surface area (Å²) in [5.74, 6) is -0.749. The van der Waals surface area contributed by atoms with E-state index in [2.05, 4.69) is 42.2 Å². The van der Waals surface area contributed by atoms with E-state index in [0.717, 1.165) is 42.2 Å². The summed E-state index contributed by atoms with van der Waals surface area (Å²) in [5.41, 5.74) is 1.57. The molecule has 0 unspecified atom stereocenters. The topological polar surface area (TPSA) is 112 Å². The van der Waals surface area contributed by atoms with Crippen molar-refractivity contribution in [3.05, 3.63) is 88.1 Å². The highest BCUT2D eigenvalue weighted by atomic mass is 35.5. The zero-order valence-corrected chi connectivity index (χ0v) is 22.2. The average molecular weight is 559 g/mol. The summed E-state index contributed by atoms with van der Waals surface area (Å²) in [6.45, 7) is 3.96. The molecule has 202 valence electrons. The summed E-state index contributed by atoms with van der Waals surface area (Å²) in [6.07, 6.45) is 1.35. The summed E-state index contributed by atoms with van der Waals surface area (Å²) < 4.78 is 15.7. The number of fused-ring (bicyclic) bond motifs is 1. The minimum atomic E-state index is -0.726. The summed E-state index contributed by atoms with van der Waals surface area (Å²) >= 11 is 6.25. The second-order valence-corrected chi connectivity index (χ2v) is 9.84. The highest BCUT2D eigenvalue weighted by molar-refractivity contribution is 6.32. The molecule has 1 aliphatic heterocycles. The van der Waals surface area contributed by atoms with Crippen molar-refractivity contribution in [3.63, 3.8) is 0 Å². The Morgan fingerprint density at radius 3 is 2.45 bits per heavy atom. The Morgan fingerprint density at radius 1 is 0.975 bits per heavy atom. The molecule has 2 aromatic carbocycles. The second kappa shape index (κ2) is 10.5. The summed E-state index contributed by atoms with van der Waals surface area (Å²) in [4.78, 5) is 31.2. The molecule has 12 heteroatoms. The lowest BCUT2D eigenvalue weighted by molar-refractivity contribution is 0.313. The van der Waals surface area contributed by atoms with E-state index in [1.165, 1.54) is 30.5 Å². The maximum absolute atomic E-state index is 14.8. The van der Waals surface area contributed by atoms with Gasteiger partial charge in [0.25, 0.3) is 5.56 Å². The molecule has 5 aromatic rings. The SMILES string of the molecule is CN1CCN(c2ccc(Nc3ncc4c(=O)n(-c5c(F)cccc5Cl)nc(-c5cccc(O)n5)c4n3)cc2)CC1. The Morgan fingerprint density at radius 2 is 1.73 bits per heavy atom. The van der Waals surface area contributed by atoms with E-state index >= 15 is 0 Å². The van der Waals surface area contributed by atoms with Crippen LogP contribution in [-0.4, -0.2) is 68.0 Å². The van der Waals surface area contributed by atoms with Crippen molar-refractivity contribution in [3.8, 4) is 23.0 Å². The van der Waals surface area contributed by atoms with E-state index in [9.17, 15) is 14.3 Å². The fraction of sp³-hybridized carbons (Fsp3) is 0.179. The number of benzene rings is 2. The number of nitrogens with zero attached hydrogens (tertiary/aromatic N) is 7. The van der Waals surface area contributed by atoms with Crippen LogP contribution in [0.2, 0.25) is 5.02 Å². The van der Waals surface area contributed by atoms with Gasteiger partial charge in [0.1, 0.15) is 16.9 Å². The van der Waals surface area contributed by atoms with Crippen molar-refractivity contribution in [2.24, 2.45) is 0 Å². The van der Waals surface area contributed by atoms with Gasteiger partial charge in [0.2, 0.25) is 11.8 Å². The fourth-order valence-corrected chi connectivity index (χ4v) is 4.85. The Hall–Kier alpha value is -4.61. The van der Waals surface area contributed by atoms with E-state index in [1.54, 1.807) is 12.1 Å². The third-order valence-corrected chi connectivity index (χ3v) is 7.06. The maximum Gasteiger partial charge on any atom is 0.282 e. The number of aromatic nitrogens is 5. The lowest BCUT2D eigenvalue weighted by Crippen LogP contribution is -2.44. The Kier molecular flexibility index (Phi) is 6.74. The molecule has 1 aliphatic rings. The number of halogens is 2. The predicted molar refractivity (Wildman–Crippen MR) is 152 cm³/mol. The first-order chi connectivity index (χ1) is 19.4. The van der Waals surface area contributed by atoms with Crippen LogP contribution in [0.4, 0.5) is 21.7 Å². The van der Waals surface area contributed by atoms with Crippen LogP contribution in [0.3, 0.4) is 0 Å². The van der Waals surface area contributed by atoms with Crippen LogP contribution in [0.5, 0.6) is 5.88 Å². The molecular weight excluding hydrogens is 535 g/mol. The van der Waals surface area contributed by atoms with Gasteiger partial charge in [0, 0.05) is 49.8 Å². The molecule has 1 saturated heterocycles. The van der Waals surface area contributed by atoms with Crippen LogP contribution in [0, 0.1) is 5.82 Å². The van der Waals surface area contributed by atoms with Gasteiger partial charge in [-0.1, -0.05) is 23.7 Å². The van der Waals surface area contributed by atoms with Crippen LogP contribution >= 0.6 is 11.6 Å². The summed E-state index contributed by atoms with van der Waals surface area (Å²) in [7, 11) is 2.12. The van der Waals surface area contributed by atoms with E-state index in [0.29, 0.717) is 0 Å². The van der Waals surface area contributed by atoms with Crippen molar-refractivity contribution < 1.29 is 9.50 Å². The number of hydrogen-bond acceptors (Lipinski definition) is 9. The molecular formula is C28H24ClFN8O2. The second-order valence-electron chi connectivity index (χ2n) is 9.43. The number of aromatic hydroxyl groups is 1. The van der Waals surface area contributed by atoms with Crippen LogP contribution in [-0.2, 0) is 0 Å². The van der Waals surface area contributed by atoms with Crippen molar-refractivity contribution in [1.29, 1.82) is 0 Å². The molecule has 3 aromatic heterocycles. The van der Waals surface area contributed by atoms with Crippen LogP contribution in [0.25, 0.3) is 28.0 Å². The molecule has 0 saturated carbocycles. The van der Waals surface area contributed by atoms with Gasteiger partial charge in [-0.3, -0.25) is 4.79 Å². The van der Waals surface area contributed by atoms with Crippen LogP contribution in [0.15, 0.2) is 71.7 Å². The van der Waals surface area contributed by atoms with E-state index in [4.69, 9.17) is 11.6 Å². The van der Waals surface area contributed by atoms with Gasteiger partial charge in [-0.25, -0.2) is 19.3 Å². The molecule has 6 rings (SSSR count). The van der Waals surface area contributed by atoms with Crippen LogP contribution in [0.1, 0.15) is 0 Å². The zero-order chi connectivity index (χ0) is 27.8. The lowest BCUT2D eigenvalue weighted by Gasteiger charge is -2.34. The first kappa shape index (κ1) is 25.7. The minimum absolute atomic E-state index is 0.00277. The number of piperazine rings is 1. The molecule has 40 heavy (non-hydrogen) atoms. The molecule has 0 radical (unpaired) electrons. The summed E-state index contributed by atoms with van der Waals surface area (Å²) in [5, 5.41) is 17.7. The molecule has 10 nitrogen and oxygen atoms in total. The molecule has 4 heterocycles. The number of hydrogen-bond donors (Lipinski definition) is 2. The third-order valence-electron chi connectivity index (χ3n) is 6.75. The van der Waals surface area contributed by atoms with Crippen molar-refractivity contribution in [2.75, 3.05) is 43.4 Å². The Balaban J connectivity index is 1.41. The van der Waals surface area contributed by atoms with Gasteiger partial charge < -0.3 is 20.2 Å². The first-order valence-electron chi connectivity index (χ1n) is 12.6. The number of nitrogens with one attached hydrogen (secondary N) is 1. The molecule has 2 N–H and O–H groups in total. The Bertz CT molecular complexity index is 1750. The highest BCUT2D eigenvalue weighted by Crippen LogP contribution is 2.28. The van der Waals surface area contributed by atoms with Gasteiger partial charge in [-0.2, -0.15) is 9.78 Å². The third kappa shape index (κ3) is 4.92. The number of pyridine rings is 1. The predicted octanol–water partition coefficient (Wildman–Crippen LogP) is 4.23. The average Bonchev–Trinajstić information content (AvgIpc) is 2.95. The monoisotopic (exact) mass is 558 g/mol. The molecule has 1 fully saturated rings. The van der Waals surface area contributed by atoms with Gasteiger partial charge >= 0.3 is 0 Å². The van der Waals surface area contributed by atoms with Crippen LogP contribution < -0.4 is 15.8 Å². The largest absolute Gasteiger partial charge is 0.493 e. The quantitative estimate of drug-likeness (QED) is 0.327. The van der Waals surface area contributed by atoms with Crippen molar-refractivity contribution >= 4 is 39.8 Å². The lowest BCUT2D eigenvalue weighted by atomic mass is 10.2. The highest BCUT2D eigenvalue weighted by Gasteiger charge is 2.21. The number of anilines is 3. The van der Waals surface area contributed by atoms with E-state index in [1.807, 2.05) is 24.3 Å². The smallest absolute Gasteiger partial charge is 0.282 e. The van der Waals surface area contributed by atoms with Gasteiger partial charge in [0.15, 0.2) is 5.82 Å².